The SMILES string of the molecule is CC(C)(C)c1ccc(N2C(C3C(=C=O)C(=C=O)CN3[C@]3(C(=O)NC(=O)O)NNC3(C)C3C4=CC=C3C=C4)CCC2C2C(=C=O)C(=C=O)CN2[C@]2(C(=O)NC(=O)O)NNC2(C)C2C3=CC=C2C=C3)cc1. The molecule has 5 fully saturated rings. The highest BCUT2D eigenvalue weighted by molar-refractivity contribution is 6.00. The maximum absolute atomic E-state index is 14.8. The van der Waals surface area contributed by atoms with E-state index in [1.54, 1.807) is 23.6 Å². The predicted octanol–water partition coefficient (Wildman–Crippen LogP) is 1.54. The first-order valence-corrected chi connectivity index (χ1v) is 22.6. The van der Waals surface area contributed by atoms with Crippen LogP contribution in [0, 0.1) is 11.8 Å². The van der Waals surface area contributed by atoms with Crippen LogP contribution in [0.15, 0.2) is 117 Å². The Hall–Kier alpha value is -7.10. The summed E-state index contributed by atoms with van der Waals surface area (Å²) < 4.78 is 0. The molecule has 8 N–H and O–H groups in total. The summed E-state index contributed by atoms with van der Waals surface area (Å²) in [6.45, 7) is 8.99. The molecule has 6 unspecified atom stereocenters. The van der Waals surface area contributed by atoms with Crippen molar-refractivity contribution in [2.75, 3.05) is 18.0 Å². The maximum Gasteiger partial charge on any atom is 0.411 e. The van der Waals surface area contributed by atoms with Crippen molar-refractivity contribution in [2.24, 2.45) is 11.8 Å². The Labute approximate surface area is 395 Å². The van der Waals surface area contributed by atoms with Gasteiger partial charge in [-0.15, -0.1) is 0 Å². The standard InChI is InChI=1S/C50H49N9O10/c1-46(2,3)32-14-16-33(17-15-32)59-36(40-34(24-62)30(22-60)20-57(40)49(42(64)51-44(66)67)47(4,53-55-49)38-26-6-7-27(38)9-8-26)18-19-37(59)41-35(25-63)31(23-61)21-58(41)50(43(65)52-45(68)69)48(5,54-56-50)39-28-10-11-29(39)13-12-28/h6-17,36-41,53-56H,18-21H2,1-5H3,(H,51,64)(H,52,65)(H,66,67)(H,68,69)/t36?,37?,40?,41?,47?,48?,49-,50-/m0/s1. The van der Waals surface area contributed by atoms with Crippen molar-refractivity contribution < 1.29 is 48.6 Å². The molecule has 1 aromatic rings. The smallest absolute Gasteiger partial charge is 0.411 e. The number of benzene rings is 1. The topological polar surface area (TPSA) is 259 Å². The minimum Gasteiger partial charge on any atom is -0.465 e. The molecule has 9 aliphatic rings. The van der Waals surface area contributed by atoms with E-state index in [0.717, 1.165) is 27.9 Å². The highest BCUT2D eigenvalue weighted by atomic mass is 16.4. The molecule has 1 aromatic carbocycles. The average Bonchev–Trinajstić information content (AvgIpc) is 4.19. The van der Waals surface area contributed by atoms with Crippen molar-refractivity contribution >= 4 is 53.5 Å². The summed E-state index contributed by atoms with van der Waals surface area (Å²) in [5.41, 5.74) is 10.1. The van der Waals surface area contributed by atoms with E-state index >= 15 is 0 Å². The third kappa shape index (κ3) is 6.11. The summed E-state index contributed by atoms with van der Waals surface area (Å²) in [4.78, 5) is 113. The summed E-state index contributed by atoms with van der Waals surface area (Å²) in [6, 6.07) is 3.43. The summed E-state index contributed by atoms with van der Waals surface area (Å²) in [5.74, 6) is 4.91. The van der Waals surface area contributed by atoms with E-state index in [1.807, 2.05) is 122 Å². The molecule has 0 radical (unpaired) electrons. The Morgan fingerprint density at radius 1 is 0.609 bits per heavy atom. The van der Waals surface area contributed by atoms with Crippen LogP contribution in [0.25, 0.3) is 0 Å². The number of hydrazine groups is 2. The number of nitrogens with zero attached hydrogens (tertiary/aromatic N) is 3. The van der Waals surface area contributed by atoms with Gasteiger partial charge in [0.1, 0.15) is 23.8 Å². The van der Waals surface area contributed by atoms with Crippen molar-refractivity contribution in [1.29, 1.82) is 0 Å². The van der Waals surface area contributed by atoms with Gasteiger partial charge in [0, 0.05) is 30.6 Å². The summed E-state index contributed by atoms with van der Waals surface area (Å²) in [7, 11) is 0. The summed E-state index contributed by atoms with van der Waals surface area (Å²) in [6.07, 6.45) is 12.3. The summed E-state index contributed by atoms with van der Waals surface area (Å²) in [5, 5.41) is 24.3. The number of likely N-dealkylation sites (tertiary alicyclic amines) is 2. The lowest BCUT2D eigenvalue weighted by Gasteiger charge is -2.65. The molecule has 10 rings (SSSR count). The molecule has 0 spiro atoms. The van der Waals surface area contributed by atoms with Crippen molar-refractivity contribution in [3.8, 4) is 0 Å². The molecule has 4 amide bonds. The van der Waals surface area contributed by atoms with Gasteiger partial charge in [0.2, 0.25) is 0 Å². The molecule has 0 aromatic heterocycles. The second-order valence-electron chi connectivity index (χ2n) is 20.3. The Kier molecular flexibility index (Phi) is 10.4. The minimum absolute atomic E-state index is 0.110. The van der Waals surface area contributed by atoms with E-state index in [-0.39, 0.29) is 53.6 Å². The van der Waals surface area contributed by atoms with Crippen LogP contribution < -0.4 is 37.2 Å². The average molecular weight is 936 g/mol. The second-order valence-corrected chi connectivity index (χ2v) is 20.3. The summed E-state index contributed by atoms with van der Waals surface area (Å²) >= 11 is 0. The highest BCUT2D eigenvalue weighted by Gasteiger charge is 2.75. The molecule has 5 heterocycles. The number of rotatable bonds is 9. The van der Waals surface area contributed by atoms with E-state index in [2.05, 4.69) is 32.3 Å². The molecular weight excluding hydrogens is 887 g/mol. The van der Waals surface area contributed by atoms with Gasteiger partial charge in [-0.25, -0.2) is 50.5 Å². The molecule has 69 heavy (non-hydrogen) atoms. The lowest BCUT2D eigenvalue weighted by atomic mass is 9.67. The van der Waals surface area contributed by atoms with E-state index in [9.17, 15) is 48.6 Å². The number of nitrogens with one attached hydrogen (secondary N) is 6. The lowest BCUT2D eigenvalue weighted by Crippen LogP contribution is -2.95. The predicted molar refractivity (Wildman–Crippen MR) is 247 cm³/mol. The van der Waals surface area contributed by atoms with E-state index in [1.165, 1.54) is 0 Å². The molecule has 8 atom stereocenters. The van der Waals surface area contributed by atoms with Gasteiger partial charge in [-0.1, -0.05) is 81.5 Å². The monoisotopic (exact) mass is 935 g/mol. The van der Waals surface area contributed by atoms with E-state index in [0.29, 0.717) is 5.69 Å². The number of fused-ring (bicyclic) bond motifs is 4. The first-order chi connectivity index (χ1) is 32.8. The molecule has 5 aliphatic heterocycles. The van der Waals surface area contributed by atoms with Crippen LogP contribution in [0.1, 0.15) is 53.0 Å². The number of carboxylic acid groups (broad SMARTS) is 2. The number of anilines is 1. The Bertz CT molecular complexity index is 2760. The van der Waals surface area contributed by atoms with Gasteiger partial charge in [0.15, 0.2) is 11.3 Å². The molecule has 354 valence electrons. The lowest BCUT2D eigenvalue weighted by molar-refractivity contribution is -0.172. The normalized spacial score (nSPS) is 33.6. The van der Waals surface area contributed by atoms with Crippen LogP contribution in [-0.4, -0.2) is 127 Å². The third-order valence-electron chi connectivity index (χ3n) is 16.1. The maximum atomic E-state index is 14.8. The molecule has 19 nitrogen and oxygen atoms in total. The number of hydrogen-bond donors (Lipinski definition) is 8. The second kappa shape index (κ2) is 15.7. The molecule has 0 saturated carbocycles. The van der Waals surface area contributed by atoms with Gasteiger partial charge in [-0.3, -0.25) is 30.0 Å². The van der Waals surface area contributed by atoms with Gasteiger partial charge in [-0.05, 0) is 72.1 Å². The molecule has 19 heteroatoms. The van der Waals surface area contributed by atoms with E-state index < -0.39 is 82.4 Å². The third-order valence-corrected chi connectivity index (χ3v) is 16.1. The van der Waals surface area contributed by atoms with Crippen molar-refractivity contribution in [2.45, 2.75) is 99.4 Å². The van der Waals surface area contributed by atoms with Crippen LogP contribution in [-0.2, 0) is 34.2 Å². The number of imide groups is 2. The number of carbonyl (C=O) groups excluding carboxylic acids is 6. The van der Waals surface area contributed by atoms with Gasteiger partial charge >= 0.3 is 12.2 Å². The first kappa shape index (κ1) is 45.7. The molecule has 5 saturated heterocycles. The largest absolute Gasteiger partial charge is 0.465 e. The Balaban J connectivity index is 1.16. The Morgan fingerprint density at radius 2 is 0.986 bits per heavy atom. The van der Waals surface area contributed by atoms with Crippen LogP contribution in [0.5, 0.6) is 0 Å². The zero-order chi connectivity index (χ0) is 49.2. The number of allylic oxidation sites excluding steroid dienone is 8. The Morgan fingerprint density at radius 3 is 1.26 bits per heavy atom. The zero-order valence-electron chi connectivity index (χ0n) is 38.2. The zero-order valence-corrected chi connectivity index (χ0v) is 38.2. The van der Waals surface area contributed by atoms with Gasteiger partial charge in [-0.2, -0.15) is 0 Å². The van der Waals surface area contributed by atoms with E-state index in [4.69, 9.17) is 0 Å². The highest BCUT2D eigenvalue weighted by Crippen LogP contribution is 2.56. The minimum atomic E-state index is -1.98. The molecule has 4 aliphatic carbocycles. The van der Waals surface area contributed by atoms with Crippen molar-refractivity contribution in [3.63, 3.8) is 0 Å². The fourth-order valence-electron chi connectivity index (χ4n) is 13.0. The fourth-order valence-corrected chi connectivity index (χ4v) is 13.0. The first-order valence-electron chi connectivity index (χ1n) is 22.6. The fraction of sp³-hybridized carbons (Fsp3) is 0.400. The van der Waals surface area contributed by atoms with Crippen LogP contribution in [0.2, 0.25) is 0 Å². The van der Waals surface area contributed by atoms with Gasteiger partial charge < -0.3 is 15.1 Å². The quantitative estimate of drug-likeness (QED) is 0.163. The van der Waals surface area contributed by atoms with Gasteiger partial charge in [0.05, 0.1) is 57.5 Å². The number of amides is 4. The molecular formula is C50H49N9O10. The number of hydrogen-bond acceptors (Lipinski definition) is 15. The van der Waals surface area contributed by atoms with Crippen molar-refractivity contribution in [1.82, 2.24) is 42.1 Å². The van der Waals surface area contributed by atoms with Crippen LogP contribution in [0.4, 0.5) is 15.3 Å². The van der Waals surface area contributed by atoms with Crippen LogP contribution >= 0.6 is 0 Å². The molecule has 4 bridgehead atoms. The van der Waals surface area contributed by atoms with Gasteiger partial charge in [0.25, 0.3) is 11.8 Å². The van der Waals surface area contributed by atoms with Crippen molar-refractivity contribution in [3.05, 3.63) is 123 Å². The van der Waals surface area contributed by atoms with Crippen LogP contribution in [0.3, 0.4) is 0 Å². The number of carbonyl (C=O) groups is 4.